The van der Waals surface area contributed by atoms with Crippen molar-refractivity contribution in [2.24, 2.45) is 5.92 Å². The second-order valence-electron chi connectivity index (χ2n) is 6.59. The van der Waals surface area contributed by atoms with Gasteiger partial charge < -0.3 is 9.72 Å². The maximum absolute atomic E-state index is 12.0. The number of hydrogen-bond acceptors (Lipinski definition) is 3. The number of aromatic nitrogens is 2. The van der Waals surface area contributed by atoms with E-state index in [9.17, 15) is 4.79 Å². The molecule has 1 atom stereocenters. The second-order valence-corrected chi connectivity index (χ2v) is 6.59. The molecule has 2 aliphatic rings. The summed E-state index contributed by atoms with van der Waals surface area (Å²) >= 11 is 0. The molecule has 116 valence electrons. The molecule has 1 aromatic heterocycles. The third kappa shape index (κ3) is 3.37. The van der Waals surface area contributed by atoms with Crippen LogP contribution < -0.4 is 5.56 Å². The fourth-order valence-electron chi connectivity index (χ4n) is 4.03. The number of methoxy groups -OCH3 is 1. The smallest absolute Gasteiger partial charge is 0.251 e. The fourth-order valence-corrected chi connectivity index (χ4v) is 4.03. The van der Waals surface area contributed by atoms with E-state index in [2.05, 4.69) is 4.98 Å². The maximum atomic E-state index is 12.0. The number of nitrogens with one attached hydrogen (secondary N) is 1. The van der Waals surface area contributed by atoms with Crippen LogP contribution in [0, 0.1) is 5.92 Å². The number of ether oxygens (including phenoxy) is 1. The van der Waals surface area contributed by atoms with E-state index in [1.807, 2.05) is 0 Å². The van der Waals surface area contributed by atoms with E-state index in [-0.39, 0.29) is 11.7 Å². The van der Waals surface area contributed by atoms with Gasteiger partial charge in [0.05, 0.1) is 5.69 Å². The van der Waals surface area contributed by atoms with Crippen molar-refractivity contribution in [2.75, 3.05) is 7.11 Å². The monoisotopic (exact) mass is 290 g/mol. The molecule has 0 bridgehead atoms. The summed E-state index contributed by atoms with van der Waals surface area (Å²) in [6, 6.07) is 1.69. The number of nitrogens with zero attached hydrogens (tertiary/aromatic N) is 1. The lowest BCUT2D eigenvalue weighted by Gasteiger charge is -2.28. The molecule has 3 rings (SSSR count). The molecule has 0 saturated heterocycles. The Hall–Kier alpha value is -1.16. The van der Waals surface area contributed by atoms with Gasteiger partial charge in [-0.25, -0.2) is 4.98 Å². The van der Waals surface area contributed by atoms with Crippen molar-refractivity contribution >= 4 is 0 Å². The zero-order valence-electron chi connectivity index (χ0n) is 12.9. The lowest BCUT2D eigenvalue weighted by molar-refractivity contribution is 0.0285. The van der Waals surface area contributed by atoms with Crippen LogP contribution in [0.2, 0.25) is 0 Å². The molecule has 21 heavy (non-hydrogen) atoms. The molecule has 0 amide bonds. The van der Waals surface area contributed by atoms with Gasteiger partial charge in [-0.2, -0.15) is 0 Å². The standard InChI is InChI=1S/C17H26N2O2/c1-21-16(13-9-3-2-4-10-13)17-18-14(11-15(20)19-17)12-7-5-6-8-12/h11-13,16H,2-10H2,1H3,(H,18,19,20). The molecule has 0 radical (unpaired) electrons. The van der Waals surface area contributed by atoms with Crippen molar-refractivity contribution in [3.8, 4) is 0 Å². The van der Waals surface area contributed by atoms with Crippen molar-refractivity contribution in [2.45, 2.75) is 69.8 Å². The second kappa shape index (κ2) is 6.73. The minimum Gasteiger partial charge on any atom is -0.373 e. The molecule has 1 unspecified atom stereocenters. The van der Waals surface area contributed by atoms with E-state index in [1.165, 1.54) is 44.9 Å². The van der Waals surface area contributed by atoms with E-state index in [1.54, 1.807) is 13.2 Å². The Labute approximate surface area is 126 Å². The third-order valence-electron chi connectivity index (χ3n) is 5.15. The minimum atomic E-state index is -0.0562. The molecule has 2 aliphatic carbocycles. The molecule has 1 N–H and O–H groups in total. The summed E-state index contributed by atoms with van der Waals surface area (Å²) < 4.78 is 5.72. The molecule has 2 fully saturated rings. The predicted molar refractivity (Wildman–Crippen MR) is 82.4 cm³/mol. The van der Waals surface area contributed by atoms with E-state index in [0.29, 0.717) is 11.8 Å². The highest BCUT2D eigenvalue weighted by atomic mass is 16.5. The van der Waals surface area contributed by atoms with Crippen LogP contribution in [0.25, 0.3) is 0 Å². The van der Waals surface area contributed by atoms with Gasteiger partial charge >= 0.3 is 0 Å². The lowest BCUT2D eigenvalue weighted by atomic mass is 9.85. The zero-order valence-corrected chi connectivity index (χ0v) is 12.9. The summed E-state index contributed by atoms with van der Waals surface area (Å²) in [5, 5.41) is 0. The highest BCUT2D eigenvalue weighted by molar-refractivity contribution is 5.12. The average molecular weight is 290 g/mol. The molecule has 0 aromatic carbocycles. The first kappa shape index (κ1) is 14.8. The van der Waals surface area contributed by atoms with E-state index in [0.717, 1.165) is 24.4 Å². The zero-order chi connectivity index (χ0) is 14.7. The van der Waals surface area contributed by atoms with Crippen LogP contribution in [0.1, 0.15) is 81.3 Å². The Morgan fingerprint density at radius 1 is 1.14 bits per heavy atom. The third-order valence-corrected chi connectivity index (χ3v) is 5.15. The highest BCUT2D eigenvalue weighted by Crippen LogP contribution is 2.36. The first-order valence-electron chi connectivity index (χ1n) is 8.42. The Balaban J connectivity index is 1.86. The van der Waals surface area contributed by atoms with Crippen molar-refractivity contribution < 1.29 is 4.74 Å². The predicted octanol–water partition coefficient (Wildman–Crippen LogP) is 3.70. The van der Waals surface area contributed by atoms with Gasteiger partial charge in [0.15, 0.2) is 0 Å². The molecule has 4 heteroatoms. The largest absolute Gasteiger partial charge is 0.373 e. The van der Waals surface area contributed by atoms with Gasteiger partial charge in [0.25, 0.3) is 5.56 Å². The van der Waals surface area contributed by atoms with Crippen LogP contribution >= 0.6 is 0 Å². The maximum Gasteiger partial charge on any atom is 0.251 e. The summed E-state index contributed by atoms with van der Waals surface area (Å²) in [4.78, 5) is 19.7. The van der Waals surface area contributed by atoms with E-state index in [4.69, 9.17) is 9.72 Å². The van der Waals surface area contributed by atoms with Crippen LogP contribution in [-0.4, -0.2) is 17.1 Å². The first-order chi connectivity index (χ1) is 10.3. The van der Waals surface area contributed by atoms with Gasteiger partial charge in [0, 0.05) is 19.1 Å². The van der Waals surface area contributed by atoms with Gasteiger partial charge in [-0.05, 0) is 31.6 Å². The number of aromatic amines is 1. The topological polar surface area (TPSA) is 55.0 Å². The Bertz CT molecular complexity index is 514. The van der Waals surface area contributed by atoms with E-state index >= 15 is 0 Å². The summed E-state index contributed by atoms with van der Waals surface area (Å²) in [5.41, 5.74) is 0.948. The van der Waals surface area contributed by atoms with Gasteiger partial charge in [-0.1, -0.05) is 32.1 Å². The van der Waals surface area contributed by atoms with Crippen molar-refractivity contribution in [3.63, 3.8) is 0 Å². The first-order valence-corrected chi connectivity index (χ1v) is 8.42. The summed E-state index contributed by atoms with van der Waals surface area (Å²) in [7, 11) is 1.74. The van der Waals surface area contributed by atoms with Crippen LogP contribution in [0.15, 0.2) is 10.9 Å². The van der Waals surface area contributed by atoms with Crippen LogP contribution in [0.4, 0.5) is 0 Å². The van der Waals surface area contributed by atoms with Crippen molar-refractivity contribution in [1.82, 2.24) is 9.97 Å². The van der Waals surface area contributed by atoms with E-state index < -0.39 is 0 Å². The average Bonchev–Trinajstić information content (AvgIpc) is 3.03. The summed E-state index contributed by atoms with van der Waals surface area (Å²) in [5.74, 6) is 1.71. The van der Waals surface area contributed by atoms with Crippen LogP contribution in [-0.2, 0) is 4.74 Å². The van der Waals surface area contributed by atoms with Crippen molar-refractivity contribution in [3.05, 3.63) is 27.9 Å². The Morgan fingerprint density at radius 2 is 1.81 bits per heavy atom. The quantitative estimate of drug-likeness (QED) is 0.920. The molecule has 0 aliphatic heterocycles. The fraction of sp³-hybridized carbons (Fsp3) is 0.765. The molecular weight excluding hydrogens is 264 g/mol. The molecule has 1 aromatic rings. The Morgan fingerprint density at radius 3 is 2.48 bits per heavy atom. The molecule has 2 saturated carbocycles. The van der Waals surface area contributed by atoms with Crippen molar-refractivity contribution in [1.29, 1.82) is 0 Å². The lowest BCUT2D eigenvalue weighted by Crippen LogP contribution is -2.24. The number of hydrogen-bond donors (Lipinski definition) is 1. The number of H-pyrrole nitrogens is 1. The van der Waals surface area contributed by atoms with Crippen LogP contribution in [0.3, 0.4) is 0 Å². The van der Waals surface area contributed by atoms with Crippen LogP contribution in [0.5, 0.6) is 0 Å². The number of rotatable bonds is 4. The van der Waals surface area contributed by atoms with Gasteiger partial charge in [-0.3, -0.25) is 4.79 Å². The summed E-state index contributed by atoms with van der Waals surface area (Å²) in [6.07, 6.45) is 11.0. The molecule has 0 spiro atoms. The molecule has 1 heterocycles. The van der Waals surface area contributed by atoms with Gasteiger partial charge in [0.2, 0.25) is 0 Å². The minimum absolute atomic E-state index is 0.0280. The summed E-state index contributed by atoms with van der Waals surface area (Å²) in [6.45, 7) is 0. The van der Waals surface area contributed by atoms with Gasteiger partial charge in [-0.15, -0.1) is 0 Å². The SMILES string of the molecule is COC(c1nc(C2CCCC2)cc(=O)[nH]1)C1CCCCC1. The normalized spacial score (nSPS) is 22.5. The molecular formula is C17H26N2O2. The Kier molecular flexibility index (Phi) is 4.73. The highest BCUT2D eigenvalue weighted by Gasteiger charge is 2.28. The van der Waals surface area contributed by atoms with Gasteiger partial charge in [0.1, 0.15) is 11.9 Å². The molecule has 4 nitrogen and oxygen atoms in total.